The van der Waals surface area contributed by atoms with Crippen molar-refractivity contribution in [3.8, 4) is 5.75 Å². The van der Waals surface area contributed by atoms with E-state index in [0.29, 0.717) is 24.6 Å². The summed E-state index contributed by atoms with van der Waals surface area (Å²) in [5.74, 6) is 0.469. The minimum Gasteiger partial charge on any atom is -0.491 e. The number of ether oxygens (including phenoxy) is 2. The fraction of sp³-hybridized carbons (Fsp3) is 0.370. The number of methoxy groups -OCH3 is 1. The molecule has 0 saturated heterocycles. The van der Waals surface area contributed by atoms with Gasteiger partial charge < -0.3 is 14.4 Å². The summed E-state index contributed by atoms with van der Waals surface area (Å²) in [5, 5.41) is 2.47. The molecular formula is C27H31ClN2O5S2. The summed E-state index contributed by atoms with van der Waals surface area (Å²) < 4.78 is 39.4. The van der Waals surface area contributed by atoms with Crippen molar-refractivity contribution in [2.75, 3.05) is 40.0 Å². The maximum atomic E-state index is 13.7. The number of thiophene rings is 1. The van der Waals surface area contributed by atoms with E-state index in [0.717, 1.165) is 23.3 Å². The summed E-state index contributed by atoms with van der Waals surface area (Å²) in [5.41, 5.74) is 2.20. The Labute approximate surface area is 227 Å². The molecule has 0 saturated carbocycles. The zero-order valence-electron chi connectivity index (χ0n) is 20.9. The van der Waals surface area contributed by atoms with Gasteiger partial charge in [-0.1, -0.05) is 29.3 Å². The highest BCUT2D eigenvalue weighted by Gasteiger charge is 2.35. The quantitative estimate of drug-likeness (QED) is 0.309. The summed E-state index contributed by atoms with van der Waals surface area (Å²) in [6.45, 7) is 3.07. The number of fused-ring (bicyclic) bond motifs is 1. The van der Waals surface area contributed by atoms with Gasteiger partial charge in [-0.15, -0.1) is 11.3 Å². The predicted molar refractivity (Wildman–Crippen MR) is 146 cm³/mol. The van der Waals surface area contributed by atoms with Crippen LogP contribution in [0.25, 0.3) is 0 Å². The number of hydrogen-bond acceptors (Lipinski definition) is 6. The van der Waals surface area contributed by atoms with E-state index in [1.54, 1.807) is 23.3 Å². The summed E-state index contributed by atoms with van der Waals surface area (Å²) in [6, 6.07) is 15.5. The maximum Gasteiger partial charge on any atom is 0.243 e. The number of carbonyl (C=O) groups is 1. The van der Waals surface area contributed by atoms with Gasteiger partial charge in [0.1, 0.15) is 12.4 Å². The Bertz CT molecular complexity index is 1290. The van der Waals surface area contributed by atoms with Gasteiger partial charge >= 0.3 is 0 Å². The van der Waals surface area contributed by atoms with Gasteiger partial charge in [0, 0.05) is 36.7 Å². The lowest BCUT2D eigenvalue weighted by Crippen LogP contribution is -2.48. The van der Waals surface area contributed by atoms with Gasteiger partial charge in [0.2, 0.25) is 15.9 Å². The molecule has 0 radical (unpaired) electrons. The molecule has 1 aliphatic rings. The lowest BCUT2D eigenvalue weighted by molar-refractivity contribution is -0.135. The second-order valence-electron chi connectivity index (χ2n) is 8.91. The van der Waals surface area contributed by atoms with Crippen LogP contribution in [0.3, 0.4) is 0 Å². The lowest BCUT2D eigenvalue weighted by atomic mass is 10.0. The van der Waals surface area contributed by atoms with Crippen LogP contribution in [0, 0.1) is 6.92 Å². The number of halogens is 1. The van der Waals surface area contributed by atoms with Crippen molar-refractivity contribution in [2.24, 2.45) is 0 Å². The van der Waals surface area contributed by atoms with Crippen molar-refractivity contribution in [2.45, 2.75) is 30.7 Å². The Hall–Kier alpha value is -2.43. The monoisotopic (exact) mass is 562 g/mol. The first-order chi connectivity index (χ1) is 17.8. The Morgan fingerprint density at radius 3 is 2.57 bits per heavy atom. The van der Waals surface area contributed by atoms with Crippen LogP contribution in [-0.4, -0.2) is 63.5 Å². The number of benzene rings is 2. The molecule has 4 rings (SSSR count). The van der Waals surface area contributed by atoms with E-state index >= 15 is 0 Å². The second-order valence-corrected chi connectivity index (χ2v) is 12.3. The van der Waals surface area contributed by atoms with E-state index in [9.17, 15) is 13.2 Å². The van der Waals surface area contributed by atoms with E-state index in [1.807, 2.05) is 42.6 Å². The third-order valence-corrected chi connectivity index (χ3v) is 9.47. The molecule has 7 nitrogen and oxygen atoms in total. The summed E-state index contributed by atoms with van der Waals surface area (Å²) in [7, 11) is -2.35. The molecule has 1 amide bonds. The molecule has 0 aliphatic carbocycles. The second kappa shape index (κ2) is 12.4. The normalized spacial score (nSPS) is 15.6. The molecular weight excluding hydrogens is 532 g/mol. The molecule has 0 fully saturated rings. The van der Waals surface area contributed by atoms with Crippen molar-refractivity contribution in [1.29, 1.82) is 0 Å². The van der Waals surface area contributed by atoms with Gasteiger partial charge in [-0.25, -0.2) is 8.42 Å². The zero-order chi connectivity index (χ0) is 26.4. The molecule has 0 bridgehead atoms. The number of aryl methyl sites for hydroxylation is 1. The summed E-state index contributed by atoms with van der Waals surface area (Å²) in [6.07, 6.45) is 1.19. The van der Waals surface area contributed by atoms with Crippen LogP contribution in [-0.2, 0) is 26.0 Å². The average molecular weight is 563 g/mol. The number of sulfonamides is 1. The van der Waals surface area contributed by atoms with E-state index in [2.05, 4.69) is 0 Å². The minimum atomic E-state index is -3.92. The van der Waals surface area contributed by atoms with Crippen LogP contribution >= 0.6 is 22.9 Å². The van der Waals surface area contributed by atoms with Crippen LogP contribution in [0.2, 0.25) is 5.02 Å². The minimum absolute atomic E-state index is 0.0973. The van der Waals surface area contributed by atoms with E-state index in [4.69, 9.17) is 21.1 Å². The molecule has 0 N–H and O–H groups in total. The molecule has 3 aromatic rings. The number of amides is 1. The van der Waals surface area contributed by atoms with E-state index < -0.39 is 10.0 Å². The largest absolute Gasteiger partial charge is 0.491 e. The molecule has 198 valence electrons. The first-order valence-electron chi connectivity index (χ1n) is 12.1. The number of hydrogen-bond donors (Lipinski definition) is 0. The SMILES string of the molecule is COCCCN(CC(=O)N1CCc2sccc2C1COc1ccc(C)cc1)S(=O)(=O)c1ccc(Cl)cc1. The lowest BCUT2D eigenvalue weighted by Gasteiger charge is -2.37. The molecule has 1 aromatic heterocycles. The van der Waals surface area contributed by atoms with Gasteiger partial charge in [0.05, 0.1) is 17.5 Å². The highest BCUT2D eigenvalue weighted by molar-refractivity contribution is 7.89. The van der Waals surface area contributed by atoms with Crippen LogP contribution in [0.15, 0.2) is 64.9 Å². The molecule has 10 heteroatoms. The fourth-order valence-electron chi connectivity index (χ4n) is 4.35. The first kappa shape index (κ1) is 27.6. The molecule has 2 heterocycles. The standard InChI is InChI=1S/C27H31ClN2O5S2/c1-20-4-8-22(9-5-20)35-19-25-24-13-17-36-26(24)12-15-30(25)27(31)18-29(14-3-16-34-2)37(32,33)23-10-6-21(28)7-11-23/h4-11,13,17,25H,3,12,14-16,18-19H2,1-2H3. The Kier molecular flexibility index (Phi) is 9.26. The van der Waals surface area contributed by atoms with Crippen LogP contribution < -0.4 is 4.74 Å². The summed E-state index contributed by atoms with van der Waals surface area (Å²) in [4.78, 5) is 16.8. The maximum absolute atomic E-state index is 13.7. The van der Waals surface area contributed by atoms with Crippen LogP contribution in [0.4, 0.5) is 0 Å². The molecule has 1 aliphatic heterocycles. The van der Waals surface area contributed by atoms with Crippen LogP contribution in [0.1, 0.15) is 28.5 Å². The van der Waals surface area contributed by atoms with E-state index in [-0.39, 0.29) is 36.5 Å². The molecule has 37 heavy (non-hydrogen) atoms. The number of nitrogens with zero attached hydrogens (tertiary/aromatic N) is 2. The van der Waals surface area contributed by atoms with Crippen molar-refractivity contribution >= 4 is 38.9 Å². The van der Waals surface area contributed by atoms with Gasteiger partial charge in [-0.3, -0.25) is 4.79 Å². The molecule has 2 aromatic carbocycles. The van der Waals surface area contributed by atoms with Gasteiger partial charge in [0.25, 0.3) is 0 Å². The predicted octanol–water partition coefficient (Wildman–Crippen LogP) is 4.94. The summed E-state index contributed by atoms with van der Waals surface area (Å²) >= 11 is 7.63. The van der Waals surface area contributed by atoms with Crippen molar-refractivity contribution in [3.05, 3.63) is 81.0 Å². The van der Waals surface area contributed by atoms with E-state index in [1.165, 1.54) is 33.4 Å². The van der Waals surface area contributed by atoms with Crippen molar-refractivity contribution in [3.63, 3.8) is 0 Å². The first-order valence-corrected chi connectivity index (χ1v) is 14.8. The fourth-order valence-corrected chi connectivity index (χ4v) is 6.83. The van der Waals surface area contributed by atoms with Crippen molar-refractivity contribution in [1.82, 2.24) is 9.21 Å². The highest BCUT2D eigenvalue weighted by atomic mass is 35.5. The van der Waals surface area contributed by atoms with Crippen molar-refractivity contribution < 1.29 is 22.7 Å². The Morgan fingerprint density at radius 1 is 1.14 bits per heavy atom. The number of carbonyl (C=O) groups excluding carboxylic acids is 1. The molecule has 0 spiro atoms. The Morgan fingerprint density at radius 2 is 1.86 bits per heavy atom. The number of rotatable bonds is 11. The molecule has 1 unspecified atom stereocenters. The topological polar surface area (TPSA) is 76.2 Å². The third-order valence-electron chi connectivity index (χ3n) is 6.36. The van der Waals surface area contributed by atoms with Gasteiger partial charge in [-0.2, -0.15) is 4.31 Å². The van der Waals surface area contributed by atoms with Gasteiger partial charge in [0.15, 0.2) is 0 Å². The third kappa shape index (κ3) is 6.72. The smallest absolute Gasteiger partial charge is 0.243 e. The van der Waals surface area contributed by atoms with Gasteiger partial charge in [-0.05, 0) is 73.2 Å². The average Bonchev–Trinajstić information content (AvgIpc) is 3.37. The highest BCUT2D eigenvalue weighted by Crippen LogP contribution is 2.34. The molecule has 1 atom stereocenters. The Balaban J connectivity index is 1.55. The van der Waals surface area contributed by atoms with Crippen LogP contribution in [0.5, 0.6) is 5.75 Å². The zero-order valence-corrected chi connectivity index (χ0v) is 23.3.